The van der Waals surface area contributed by atoms with Crippen molar-refractivity contribution in [1.29, 1.82) is 0 Å². The molecule has 0 spiro atoms. The number of alkyl halides is 1. The Bertz CT molecular complexity index is 581. The Morgan fingerprint density at radius 2 is 1.61 bits per heavy atom. The zero-order chi connectivity index (χ0) is 13.3. The van der Waals surface area contributed by atoms with Crippen LogP contribution in [0.2, 0.25) is 0 Å². The number of aryl methyl sites for hydroxylation is 1. The molecule has 2 rings (SSSR count). The van der Waals surface area contributed by atoms with Gasteiger partial charge in [-0.2, -0.15) is 0 Å². The number of hydrogen-bond acceptors (Lipinski definition) is 0. The zero-order valence-electron chi connectivity index (χ0n) is 9.55. The summed E-state index contributed by atoms with van der Waals surface area (Å²) in [7, 11) is 0. The normalized spacial score (nSPS) is 12.5. The Kier molecular flexibility index (Phi) is 3.76. The van der Waals surface area contributed by atoms with Crippen molar-refractivity contribution in [2.24, 2.45) is 0 Å². The molecule has 0 radical (unpaired) electrons. The van der Waals surface area contributed by atoms with E-state index in [4.69, 9.17) is 0 Å². The molecule has 0 nitrogen and oxygen atoms in total. The Labute approximate surface area is 112 Å². The minimum atomic E-state index is -0.940. The van der Waals surface area contributed by atoms with Gasteiger partial charge in [0.25, 0.3) is 0 Å². The van der Waals surface area contributed by atoms with E-state index in [1.54, 1.807) is 19.1 Å². The van der Waals surface area contributed by atoms with Crippen molar-refractivity contribution in [1.82, 2.24) is 0 Å². The third kappa shape index (κ3) is 2.58. The van der Waals surface area contributed by atoms with Crippen molar-refractivity contribution in [3.8, 4) is 0 Å². The highest BCUT2D eigenvalue weighted by molar-refractivity contribution is 9.09. The molecule has 0 fully saturated rings. The molecule has 0 saturated heterocycles. The molecule has 0 heterocycles. The molecule has 1 atom stereocenters. The van der Waals surface area contributed by atoms with Crippen LogP contribution in [0.25, 0.3) is 0 Å². The SMILES string of the molecule is Cc1ccc(C(Br)c2ccc(F)c(F)c2)c(F)c1. The smallest absolute Gasteiger partial charge is 0.159 e. The van der Waals surface area contributed by atoms with Gasteiger partial charge in [-0.1, -0.05) is 34.1 Å². The van der Waals surface area contributed by atoms with E-state index in [9.17, 15) is 13.2 Å². The highest BCUT2D eigenvalue weighted by atomic mass is 79.9. The molecule has 0 aliphatic heterocycles. The third-order valence-corrected chi connectivity index (χ3v) is 3.69. The van der Waals surface area contributed by atoms with Crippen molar-refractivity contribution in [3.05, 3.63) is 70.5 Å². The quantitative estimate of drug-likeness (QED) is 0.692. The molecular weight excluding hydrogens is 305 g/mol. The van der Waals surface area contributed by atoms with E-state index in [2.05, 4.69) is 15.9 Å². The molecular formula is C14H10BrF3. The van der Waals surface area contributed by atoms with Gasteiger partial charge in [-0.05, 0) is 36.2 Å². The van der Waals surface area contributed by atoms with E-state index in [1.807, 2.05) is 0 Å². The fraction of sp³-hybridized carbons (Fsp3) is 0.143. The summed E-state index contributed by atoms with van der Waals surface area (Å²) in [5, 5.41) is 0. The van der Waals surface area contributed by atoms with Crippen LogP contribution in [0.5, 0.6) is 0 Å². The lowest BCUT2D eigenvalue weighted by Gasteiger charge is -2.12. The van der Waals surface area contributed by atoms with Gasteiger partial charge in [0.1, 0.15) is 5.82 Å². The van der Waals surface area contributed by atoms with Crippen LogP contribution in [0.4, 0.5) is 13.2 Å². The lowest BCUT2D eigenvalue weighted by molar-refractivity contribution is 0.507. The average Bonchev–Trinajstić information content (AvgIpc) is 2.32. The number of rotatable bonds is 2. The summed E-state index contributed by atoms with van der Waals surface area (Å²) in [6.45, 7) is 1.79. The number of halogens is 4. The number of hydrogen-bond donors (Lipinski definition) is 0. The molecule has 0 amide bonds. The maximum Gasteiger partial charge on any atom is 0.159 e. The first kappa shape index (κ1) is 13.1. The molecule has 0 aliphatic rings. The summed E-state index contributed by atoms with van der Waals surface area (Å²) >= 11 is 3.30. The van der Waals surface area contributed by atoms with Crippen LogP contribution in [0.3, 0.4) is 0 Å². The molecule has 0 aromatic heterocycles. The maximum atomic E-state index is 13.8. The van der Waals surface area contributed by atoms with Crippen molar-refractivity contribution < 1.29 is 13.2 Å². The average molecular weight is 315 g/mol. The first-order valence-electron chi connectivity index (χ1n) is 5.34. The van der Waals surface area contributed by atoms with Crippen LogP contribution in [0, 0.1) is 24.4 Å². The molecule has 2 aromatic rings. The molecule has 4 heteroatoms. The minimum absolute atomic E-state index is 0.374. The molecule has 0 saturated carbocycles. The standard InChI is InChI=1S/C14H10BrF3/c1-8-2-4-10(12(17)6-8)14(15)9-3-5-11(16)13(18)7-9/h2-7,14H,1H3. The highest BCUT2D eigenvalue weighted by Gasteiger charge is 2.16. The van der Waals surface area contributed by atoms with E-state index < -0.39 is 16.5 Å². The molecule has 2 aromatic carbocycles. The van der Waals surface area contributed by atoms with Crippen molar-refractivity contribution >= 4 is 15.9 Å². The predicted octanol–water partition coefficient (Wildman–Crippen LogP) is 4.90. The Morgan fingerprint density at radius 3 is 2.22 bits per heavy atom. The van der Waals surface area contributed by atoms with Gasteiger partial charge in [-0.25, -0.2) is 13.2 Å². The molecule has 0 N–H and O–H groups in total. The molecule has 0 bridgehead atoms. The van der Waals surface area contributed by atoms with E-state index in [-0.39, 0.29) is 5.82 Å². The Hall–Kier alpha value is -1.29. The topological polar surface area (TPSA) is 0 Å². The highest BCUT2D eigenvalue weighted by Crippen LogP contribution is 2.33. The van der Waals surface area contributed by atoms with Crippen molar-refractivity contribution in [3.63, 3.8) is 0 Å². The lowest BCUT2D eigenvalue weighted by Crippen LogP contribution is -1.98. The summed E-state index contributed by atoms with van der Waals surface area (Å²) in [6, 6.07) is 8.33. The summed E-state index contributed by atoms with van der Waals surface area (Å²) in [6.07, 6.45) is 0. The van der Waals surface area contributed by atoms with Crippen LogP contribution >= 0.6 is 15.9 Å². The van der Waals surface area contributed by atoms with Gasteiger partial charge in [0.05, 0.1) is 4.83 Å². The van der Waals surface area contributed by atoms with Gasteiger partial charge in [0, 0.05) is 5.56 Å². The van der Waals surface area contributed by atoms with Crippen molar-refractivity contribution in [2.45, 2.75) is 11.8 Å². The fourth-order valence-corrected chi connectivity index (χ4v) is 2.34. The molecule has 94 valence electrons. The van der Waals surface area contributed by atoms with Crippen LogP contribution in [0.1, 0.15) is 21.5 Å². The van der Waals surface area contributed by atoms with Crippen LogP contribution in [0.15, 0.2) is 36.4 Å². The third-order valence-electron chi connectivity index (χ3n) is 2.67. The largest absolute Gasteiger partial charge is 0.207 e. The Balaban J connectivity index is 2.41. The summed E-state index contributed by atoms with van der Waals surface area (Å²) in [4.78, 5) is -0.506. The second-order valence-corrected chi connectivity index (χ2v) is 4.98. The summed E-state index contributed by atoms with van der Waals surface area (Å²) in [5.74, 6) is -2.23. The van der Waals surface area contributed by atoms with E-state index in [0.717, 1.165) is 17.7 Å². The summed E-state index contributed by atoms with van der Waals surface area (Å²) in [5.41, 5.74) is 1.67. The summed E-state index contributed by atoms with van der Waals surface area (Å²) < 4.78 is 39.7. The van der Waals surface area contributed by atoms with Gasteiger partial charge in [0.2, 0.25) is 0 Å². The minimum Gasteiger partial charge on any atom is -0.207 e. The van der Waals surface area contributed by atoms with Gasteiger partial charge in [-0.15, -0.1) is 0 Å². The van der Waals surface area contributed by atoms with Gasteiger partial charge >= 0.3 is 0 Å². The zero-order valence-corrected chi connectivity index (χ0v) is 11.1. The van der Waals surface area contributed by atoms with E-state index in [0.29, 0.717) is 11.1 Å². The molecule has 0 aliphatic carbocycles. The van der Waals surface area contributed by atoms with Crippen LogP contribution < -0.4 is 0 Å². The molecule has 1 unspecified atom stereocenters. The second kappa shape index (κ2) is 5.14. The number of benzene rings is 2. The first-order valence-corrected chi connectivity index (χ1v) is 6.25. The second-order valence-electron chi connectivity index (χ2n) is 4.06. The van der Waals surface area contributed by atoms with Gasteiger partial charge in [0.15, 0.2) is 11.6 Å². The predicted molar refractivity (Wildman–Crippen MR) is 68.3 cm³/mol. The fourth-order valence-electron chi connectivity index (χ4n) is 1.69. The van der Waals surface area contributed by atoms with Gasteiger partial charge in [-0.3, -0.25) is 0 Å². The van der Waals surface area contributed by atoms with Crippen LogP contribution in [-0.4, -0.2) is 0 Å². The van der Waals surface area contributed by atoms with Crippen molar-refractivity contribution in [2.75, 3.05) is 0 Å². The maximum absolute atomic E-state index is 13.8. The molecule has 18 heavy (non-hydrogen) atoms. The van der Waals surface area contributed by atoms with Crippen LogP contribution in [-0.2, 0) is 0 Å². The van der Waals surface area contributed by atoms with Gasteiger partial charge < -0.3 is 0 Å². The Morgan fingerprint density at radius 1 is 0.889 bits per heavy atom. The van der Waals surface area contributed by atoms with E-state index in [1.165, 1.54) is 12.1 Å². The van der Waals surface area contributed by atoms with E-state index >= 15 is 0 Å². The monoisotopic (exact) mass is 314 g/mol. The lowest BCUT2D eigenvalue weighted by atomic mass is 10.0. The first-order chi connectivity index (χ1) is 8.49.